The number of nitriles is 1. The predicted octanol–water partition coefficient (Wildman–Crippen LogP) is 5.08. The molecule has 1 heterocycles. The molecule has 3 aromatic rings. The highest BCUT2D eigenvalue weighted by Crippen LogP contribution is 2.59. The van der Waals surface area contributed by atoms with Crippen LogP contribution < -0.4 is 9.80 Å². The van der Waals surface area contributed by atoms with E-state index in [0.717, 1.165) is 12.0 Å². The van der Waals surface area contributed by atoms with Gasteiger partial charge in [-0.1, -0.05) is 48.0 Å². The SMILES string of the molecule is Cc1cccc(C2(O)N(c3ccccc3)C(=O)N(c3ccc(C#N)cc3)C23CCC3)c1. The van der Waals surface area contributed by atoms with Gasteiger partial charge in [-0.3, -0.25) is 9.80 Å². The van der Waals surface area contributed by atoms with Crippen molar-refractivity contribution in [1.29, 1.82) is 5.26 Å². The smallest absolute Gasteiger partial charge is 0.332 e. The van der Waals surface area contributed by atoms with Gasteiger partial charge in [0.2, 0.25) is 0 Å². The minimum absolute atomic E-state index is 0.264. The van der Waals surface area contributed by atoms with E-state index in [2.05, 4.69) is 6.07 Å². The summed E-state index contributed by atoms with van der Waals surface area (Å²) < 4.78 is 0. The summed E-state index contributed by atoms with van der Waals surface area (Å²) in [6.07, 6.45) is 2.30. The lowest BCUT2D eigenvalue weighted by molar-refractivity contribution is -0.0525. The Kier molecular flexibility index (Phi) is 4.35. The van der Waals surface area contributed by atoms with Gasteiger partial charge in [0.25, 0.3) is 0 Å². The van der Waals surface area contributed by atoms with Crippen LogP contribution in [0.1, 0.15) is 36.0 Å². The molecule has 0 radical (unpaired) electrons. The number of urea groups is 1. The quantitative estimate of drug-likeness (QED) is 0.656. The average molecular weight is 409 g/mol. The van der Waals surface area contributed by atoms with Crippen LogP contribution >= 0.6 is 0 Å². The van der Waals surface area contributed by atoms with Crippen molar-refractivity contribution in [1.82, 2.24) is 0 Å². The topological polar surface area (TPSA) is 67.6 Å². The monoisotopic (exact) mass is 409 g/mol. The summed E-state index contributed by atoms with van der Waals surface area (Å²) in [7, 11) is 0. The van der Waals surface area contributed by atoms with Crippen LogP contribution in [0, 0.1) is 18.3 Å². The summed E-state index contributed by atoms with van der Waals surface area (Å²) in [5, 5.41) is 21.7. The number of amides is 2. The van der Waals surface area contributed by atoms with E-state index in [4.69, 9.17) is 0 Å². The molecule has 3 aromatic carbocycles. The number of rotatable bonds is 3. The van der Waals surface area contributed by atoms with Crippen LogP contribution in [-0.2, 0) is 5.72 Å². The van der Waals surface area contributed by atoms with E-state index in [1.807, 2.05) is 61.5 Å². The molecule has 0 bridgehead atoms. The molecule has 1 saturated heterocycles. The van der Waals surface area contributed by atoms with E-state index in [1.165, 1.54) is 0 Å². The maximum absolute atomic E-state index is 14.0. The van der Waals surface area contributed by atoms with Crippen molar-refractivity contribution in [2.24, 2.45) is 0 Å². The minimum Gasteiger partial charge on any atom is -0.364 e. The molecule has 2 fully saturated rings. The zero-order valence-electron chi connectivity index (χ0n) is 17.3. The van der Waals surface area contributed by atoms with Gasteiger partial charge in [-0.2, -0.15) is 5.26 Å². The van der Waals surface area contributed by atoms with E-state index in [0.29, 0.717) is 35.3 Å². The standard InChI is InChI=1S/C26H23N3O2/c1-19-7-5-8-21(17-19)26(31)25(15-6-16-25)28(23-13-11-20(18-27)12-14-23)24(30)29(26)22-9-3-2-4-10-22/h2-5,7-14,17,31H,6,15-16H2,1H3. The maximum Gasteiger partial charge on any atom is 0.332 e. The number of aryl methyl sites for hydroxylation is 1. The first kappa shape index (κ1) is 19.3. The summed E-state index contributed by atoms with van der Waals surface area (Å²) in [5.74, 6) is 0. The van der Waals surface area contributed by atoms with Gasteiger partial charge in [-0.05, 0) is 62.6 Å². The van der Waals surface area contributed by atoms with Crippen molar-refractivity contribution in [2.45, 2.75) is 37.5 Å². The molecule has 2 amide bonds. The van der Waals surface area contributed by atoms with Crippen molar-refractivity contribution in [3.63, 3.8) is 0 Å². The number of carbonyl (C=O) groups excluding carboxylic acids is 1. The van der Waals surface area contributed by atoms with Gasteiger partial charge in [0.15, 0.2) is 5.72 Å². The second kappa shape index (κ2) is 6.97. The molecule has 31 heavy (non-hydrogen) atoms. The molecule has 1 unspecified atom stereocenters. The minimum atomic E-state index is -1.52. The number of hydrogen-bond donors (Lipinski definition) is 1. The highest BCUT2D eigenvalue weighted by Gasteiger charge is 2.70. The fourth-order valence-corrected chi connectivity index (χ4v) is 5.05. The molecular weight excluding hydrogens is 386 g/mol. The Bertz CT molecular complexity index is 1180. The summed E-state index contributed by atoms with van der Waals surface area (Å²) in [5.41, 5.74) is 1.29. The van der Waals surface area contributed by atoms with Crippen molar-refractivity contribution in [3.8, 4) is 6.07 Å². The molecule has 5 heteroatoms. The first-order valence-corrected chi connectivity index (χ1v) is 10.5. The number of nitrogens with zero attached hydrogens (tertiary/aromatic N) is 3. The normalized spacial score (nSPS) is 21.8. The van der Waals surface area contributed by atoms with E-state index >= 15 is 0 Å². The first-order chi connectivity index (χ1) is 15.0. The molecule has 1 spiro atoms. The molecule has 5 rings (SSSR count). The van der Waals surface area contributed by atoms with Crippen LogP contribution in [0.4, 0.5) is 16.2 Å². The zero-order valence-corrected chi connectivity index (χ0v) is 17.3. The Labute approximate surface area is 181 Å². The van der Waals surface area contributed by atoms with Gasteiger partial charge in [0, 0.05) is 16.9 Å². The molecule has 1 N–H and O–H groups in total. The third-order valence-electron chi connectivity index (χ3n) is 6.65. The highest BCUT2D eigenvalue weighted by molar-refractivity contribution is 6.09. The number of benzene rings is 3. The van der Waals surface area contributed by atoms with Gasteiger partial charge in [-0.15, -0.1) is 0 Å². The Hall–Kier alpha value is -3.62. The third kappa shape index (κ3) is 2.62. The summed E-state index contributed by atoms with van der Waals surface area (Å²) in [6.45, 7) is 1.99. The van der Waals surface area contributed by atoms with Crippen LogP contribution in [0.3, 0.4) is 0 Å². The fourth-order valence-electron chi connectivity index (χ4n) is 5.05. The van der Waals surface area contributed by atoms with Crippen LogP contribution in [0.15, 0.2) is 78.9 Å². The Morgan fingerprint density at radius 1 is 0.903 bits per heavy atom. The average Bonchev–Trinajstić information content (AvgIpc) is 2.99. The maximum atomic E-state index is 14.0. The van der Waals surface area contributed by atoms with Gasteiger partial charge in [-0.25, -0.2) is 4.79 Å². The number of anilines is 2. The molecule has 154 valence electrons. The predicted molar refractivity (Wildman–Crippen MR) is 120 cm³/mol. The summed E-state index contributed by atoms with van der Waals surface area (Å²) in [4.78, 5) is 17.3. The molecule has 1 saturated carbocycles. The lowest BCUT2D eigenvalue weighted by atomic mass is 9.66. The largest absolute Gasteiger partial charge is 0.364 e. The number of aliphatic hydroxyl groups is 1. The summed E-state index contributed by atoms with van der Waals surface area (Å²) in [6, 6.07) is 26.0. The third-order valence-corrected chi connectivity index (χ3v) is 6.65. The number of carbonyl (C=O) groups is 1. The van der Waals surface area contributed by atoms with Gasteiger partial charge in [0.05, 0.1) is 11.6 Å². The second-order valence-electron chi connectivity index (χ2n) is 8.37. The van der Waals surface area contributed by atoms with Crippen LogP contribution in [0.25, 0.3) is 0 Å². The van der Waals surface area contributed by atoms with Gasteiger partial charge >= 0.3 is 6.03 Å². The molecule has 1 atom stereocenters. The lowest BCUT2D eigenvalue weighted by Crippen LogP contribution is -2.63. The van der Waals surface area contributed by atoms with Crippen molar-refractivity contribution in [3.05, 3.63) is 95.6 Å². The summed E-state index contributed by atoms with van der Waals surface area (Å²) >= 11 is 0. The van der Waals surface area contributed by atoms with Crippen molar-refractivity contribution in [2.75, 3.05) is 9.80 Å². The Morgan fingerprint density at radius 2 is 1.58 bits per heavy atom. The Balaban J connectivity index is 1.75. The highest BCUT2D eigenvalue weighted by atomic mass is 16.3. The van der Waals surface area contributed by atoms with Crippen LogP contribution in [-0.4, -0.2) is 16.7 Å². The zero-order chi connectivity index (χ0) is 21.6. The van der Waals surface area contributed by atoms with E-state index in [9.17, 15) is 15.2 Å². The van der Waals surface area contributed by atoms with Crippen LogP contribution in [0.2, 0.25) is 0 Å². The lowest BCUT2D eigenvalue weighted by Gasteiger charge is -2.52. The Morgan fingerprint density at radius 3 is 2.16 bits per heavy atom. The molecule has 0 aromatic heterocycles. The van der Waals surface area contributed by atoms with Gasteiger partial charge < -0.3 is 5.11 Å². The molecular formula is C26H23N3O2. The molecule has 5 nitrogen and oxygen atoms in total. The second-order valence-corrected chi connectivity index (χ2v) is 8.37. The molecule has 1 aliphatic heterocycles. The van der Waals surface area contributed by atoms with Crippen LogP contribution in [0.5, 0.6) is 0 Å². The fraction of sp³-hybridized carbons (Fsp3) is 0.231. The molecule has 2 aliphatic rings. The van der Waals surface area contributed by atoms with E-state index in [1.54, 1.807) is 34.1 Å². The number of hydrogen-bond acceptors (Lipinski definition) is 3. The van der Waals surface area contributed by atoms with E-state index < -0.39 is 11.3 Å². The van der Waals surface area contributed by atoms with E-state index in [-0.39, 0.29) is 6.03 Å². The van der Waals surface area contributed by atoms with Gasteiger partial charge in [0.1, 0.15) is 5.54 Å². The van der Waals surface area contributed by atoms with Crippen molar-refractivity contribution >= 4 is 17.4 Å². The van der Waals surface area contributed by atoms with Crippen molar-refractivity contribution < 1.29 is 9.90 Å². The molecule has 1 aliphatic carbocycles. The number of para-hydroxylation sites is 1. The first-order valence-electron chi connectivity index (χ1n) is 10.5.